The van der Waals surface area contributed by atoms with Crippen LogP contribution in [0.15, 0.2) is 47.1 Å². The molecule has 0 bridgehead atoms. The Balaban J connectivity index is 1.26. The zero-order chi connectivity index (χ0) is 17.1. The molecule has 2 fully saturated rings. The average Bonchev–Trinajstić information content (AvgIpc) is 3.13. The first-order chi connectivity index (χ1) is 12.2. The molecule has 4 rings (SSSR count). The Labute approximate surface area is 149 Å². The largest absolute Gasteiger partial charge is 0.468 e. The van der Waals surface area contributed by atoms with Gasteiger partial charge in [0.05, 0.1) is 12.8 Å². The van der Waals surface area contributed by atoms with E-state index in [-0.39, 0.29) is 5.82 Å². The molecule has 0 radical (unpaired) electrons. The third-order valence-corrected chi connectivity index (χ3v) is 6.09. The molecule has 2 aliphatic heterocycles. The number of benzene rings is 1. The first kappa shape index (κ1) is 16.8. The first-order valence-electron chi connectivity index (χ1n) is 9.42. The topological polar surface area (TPSA) is 19.6 Å². The maximum Gasteiger partial charge on any atom is 0.123 e. The fourth-order valence-electron chi connectivity index (χ4n) is 4.39. The minimum absolute atomic E-state index is 0.130. The number of furan rings is 1. The number of piperidine rings is 2. The molecule has 25 heavy (non-hydrogen) atoms. The molecule has 2 aromatic rings. The molecular formula is C21H27FN2O. The number of halogens is 1. The molecule has 0 N–H and O–H groups in total. The lowest BCUT2D eigenvalue weighted by molar-refractivity contribution is 0.0280. The zero-order valence-electron chi connectivity index (χ0n) is 14.8. The molecule has 1 aromatic carbocycles. The average molecular weight is 342 g/mol. The van der Waals surface area contributed by atoms with Crippen molar-refractivity contribution in [3.8, 4) is 0 Å². The summed E-state index contributed by atoms with van der Waals surface area (Å²) in [7, 11) is 0. The second kappa shape index (κ2) is 7.30. The highest BCUT2D eigenvalue weighted by Gasteiger charge is 2.37. The minimum Gasteiger partial charge on any atom is -0.468 e. The predicted octanol–water partition coefficient (Wildman–Crippen LogP) is 4.30. The van der Waals surface area contributed by atoms with Crippen LogP contribution in [0.4, 0.5) is 4.39 Å². The van der Waals surface area contributed by atoms with Gasteiger partial charge in [0.2, 0.25) is 0 Å². The summed E-state index contributed by atoms with van der Waals surface area (Å²) in [6.45, 7) is 6.42. The van der Waals surface area contributed by atoms with Crippen LogP contribution in [0.2, 0.25) is 0 Å². The van der Waals surface area contributed by atoms with Crippen molar-refractivity contribution in [2.24, 2.45) is 5.41 Å². The summed E-state index contributed by atoms with van der Waals surface area (Å²) in [6, 6.07) is 11.1. The van der Waals surface area contributed by atoms with Gasteiger partial charge in [0.1, 0.15) is 11.6 Å². The van der Waals surface area contributed by atoms with E-state index in [0.717, 1.165) is 37.5 Å². The highest BCUT2D eigenvalue weighted by Crippen LogP contribution is 2.41. The summed E-state index contributed by atoms with van der Waals surface area (Å²) in [4.78, 5) is 5.00. The Morgan fingerprint density at radius 3 is 2.16 bits per heavy atom. The molecule has 1 aromatic heterocycles. The van der Waals surface area contributed by atoms with Gasteiger partial charge in [-0.25, -0.2) is 4.39 Å². The zero-order valence-corrected chi connectivity index (χ0v) is 14.8. The SMILES string of the molecule is Fc1cccc(CN2CCC3(CC2)CCN(Cc2ccco2)CC3)c1. The van der Waals surface area contributed by atoms with Crippen LogP contribution in [0.25, 0.3) is 0 Å². The summed E-state index contributed by atoms with van der Waals surface area (Å²) in [5.74, 6) is 0.941. The van der Waals surface area contributed by atoms with Gasteiger partial charge in [-0.05, 0) is 87.1 Å². The molecule has 2 saturated heterocycles. The van der Waals surface area contributed by atoms with E-state index in [1.807, 2.05) is 18.2 Å². The molecule has 0 amide bonds. The van der Waals surface area contributed by atoms with Crippen LogP contribution in [0, 0.1) is 11.2 Å². The van der Waals surface area contributed by atoms with Crippen LogP contribution in [0.5, 0.6) is 0 Å². The lowest BCUT2D eigenvalue weighted by atomic mass is 9.71. The summed E-state index contributed by atoms with van der Waals surface area (Å²) in [5.41, 5.74) is 1.61. The van der Waals surface area contributed by atoms with Crippen molar-refractivity contribution in [1.29, 1.82) is 0 Å². The number of hydrogen-bond donors (Lipinski definition) is 0. The molecule has 134 valence electrons. The fraction of sp³-hybridized carbons (Fsp3) is 0.524. The molecule has 1 spiro atoms. The molecule has 3 nitrogen and oxygen atoms in total. The van der Waals surface area contributed by atoms with Gasteiger partial charge in [0.15, 0.2) is 0 Å². The van der Waals surface area contributed by atoms with Gasteiger partial charge in [-0.1, -0.05) is 12.1 Å². The van der Waals surface area contributed by atoms with Crippen molar-refractivity contribution < 1.29 is 8.81 Å². The van der Waals surface area contributed by atoms with Crippen molar-refractivity contribution in [1.82, 2.24) is 9.80 Å². The molecule has 0 unspecified atom stereocenters. The lowest BCUT2D eigenvalue weighted by Gasteiger charge is -2.46. The van der Waals surface area contributed by atoms with E-state index in [2.05, 4.69) is 15.9 Å². The highest BCUT2D eigenvalue weighted by molar-refractivity contribution is 5.16. The number of nitrogens with zero attached hydrogens (tertiary/aromatic N) is 2. The van der Waals surface area contributed by atoms with Gasteiger partial charge >= 0.3 is 0 Å². The smallest absolute Gasteiger partial charge is 0.123 e. The van der Waals surface area contributed by atoms with Crippen LogP contribution in [-0.2, 0) is 13.1 Å². The Bertz CT molecular complexity index is 667. The third kappa shape index (κ3) is 4.13. The second-order valence-corrected chi connectivity index (χ2v) is 7.76. The molecule has 4 heteroatoms. The monoisotopic (exact) mass is 342 g/mol. The molecule has 2 aliphatic rings. The summed E-state index contributed by atoms with van der Waals surface area (Å²) < 4.78 is 18.8. The van der Waals surface area contributed by atoms with Gasteiger partial charge in [-0.3, -0.25) is 9.80 Å². The van der Waals surface area contributed by atoms with Crippen LogP contribution in [-0.4, -0.2) is 36.0 Å². The van der Waals surface area contributed by atoms with Gasteiger partial charge in [-0.15, -0.1) is 0 Å². The molecular weight excluding hydrogens is 315 g/mol. The van der Waals surface area contributed by atoms with E-state index in [1.165, 1.54) is 44.8 Å². The first-order valence-corrected chi connectivity index (χ1v) is 9.42. The molecule has 0 aliphatic carbocycles. The van der Waals surface area contributed by atoms with Crippen LogP contribution in [0.1, 0.15) is 37.0 Å². The van der Waals surface area contributed by atoms with Gasteiger partial charge in [-0.2, -0.15) is 0 Å². The quantitative estimate of drug-likeness (QED) is 0.826. The normalized spacial score (nSPS) is 21.6. The van der Waals surface area contributed by atoms with E-state index in [1.54, 1.807) is 12.3 Å². The van der Waals surface area contributed by atoms with Crippen molar-refractivity contribution in [2.75, 3.05) is 26.2 Å². The molecule has 0 atom stereocenters. The van der Waals surface area contributed by atoms with E-state index < -0.39 is 0 Å². The number of likely N-dealkylation sites (tertiary alicyclic amines) is 2. The lowest BCUT2D eigenvalue weighted by Crippen LogP contribution is -2.46. The fourth-order valence-corrected chi connectivity index (χ4v) is 4.39. The number of rotatable bonds is 4. The third-order valence-electron chi connectivity index (χ3n) is 6.09. The Hall–Kier alpha value is -1.65. The van der Waals surface area contributed by atoms with E-state index in [4.69, 9.17) is 4.42 Å². The van der Waals surface area contributed by atoms with Gasteiger partial charge < -0.3 is 4.42 Å². The van der Waals surface area contributed by atoms with Crippen LogP contribution < -0.4 is 0 Å². The van der Waals surface area contributed by atoms with E-state index >= 15 is 0 Å². The Kier molecular flexibility index (Phi) is 4.91. The minimum atomic E-state index is -0.130. The highest BCUT2D eigenvalue weighted by atomic mass is 19.1. The van der Waals surface area contributed by atoms with Crippen LogP contribution >= 0.6 is 0 Å². The predicted molar refractivity (Wildman–Crippen MR) is 96.6 cm³/mol. The Morgan fingerprint density at radius 2 is 1.56 bits per heavy atom. The van der Waals surface area contributed by atoms with E-state index in [0.29, 0.717) is 5.41 Å². The van der Waals surface area contributed by atoms with Crippen molar-refractivity contribution in [3.05, 3.63) is 59.8 Å². The summed E-state index contributed by atoms with van der Waals surface area (Å²) in [6.07, 6.45) is 6.89. The second-order valence-electron chi connectivity index (χ2n) is 7.76. The van der Waals surface area contributed by atoms with E-state index in [9.17, 15) is 4.39 Å². The Morgan fingerprint density at radius 1 is 0.880 bits per heavy atom. The number of hydrogen-bond acceptors (Lipinski definition) is 3. The maximum absolute atomic E-state index is 13.3. The van der Waals surface area contributed by atoms with Crippen molar-refractivity contribution in [2.45, 2.75) is 38.8 Å². The summed E-state index contributed by atoms with van der Waals surface area (Å²) >= 11 is 0. The van der Waals surface area contributed by atoms with Gasteiger partial charge in [0, 0.05) is 6.54 Å². The van der Waals surface area contributed by atoms with Crippen LogP contribution in [0.3, 0.4) is 0 Å². The van der Waals surface area contributed by atoms with Crippen molar-refractivity contribution >= 4 is 0 Å². The summed E-state index contributed by atoms with van der Waals surface area (Å²) in [5, 5.41) is 0. The van der Waals surface area contributed by atoms with Gasteiger partial charge in [0.25, 0.3) is 0 Å². The standard InChI is InChI=1S/C21H27FN2O/c22-19-4-1-3-18(15-19)16-23-10-6-21(7-11-23)8-12-24(13-9-21)17-20-5-2-14-25-20/h1-5,14-15H,6-13,16-17H2. The van der Waals surface area contributed by atoms with Crippen molar-refractivity contribution in [3.63, 3.8) is 0 Å². The maximum atomic E-state index is 13.3. The molecule has 3 heterocycles. The molecule has 0 saturated carbocycles.